The van der Waals surface area contributed by atoms with Crippen molar-refractivity contribution in [3.8, 4) is 17.0 Å². The predicted molar refractivity (Wildman–Crippen MR) is 113 cm³/mol. The fourth-order valence-corrected chi connectivity index (χ4v) is 3.40. The third-order valence-electron chi connectivity index (χ3n) is 4.74. The summed E-state index contributed by atoms with van der Waals surface area (Å²) in [4.78, 5) is 11.4. The third kappa shape index (κ3) is 4.96. The number of fused-ring (bicyclic) bond motifs is 1. The van der Waals surface area contributed by atoms with Crippen LogP contribution >= 0.6 is 0 Å². The minimum absolute atomic E-state index is 0.286. The number of hydrogen-bond acceptors (Lipinski definition) is 5. The average molecular weight is 430 g/mol. The van der Waals surface area contributed by atoms with Gasteiger partial charge in [-0.2, -0.15) is 5.10 Å². The maximum absolute atomic E-state index is 12.6. The molecule has 1 aliphatic heterocycles. The summed E-state index contributed by atoms with van der Waals surface area (Å²) in [6, 6.07) is 9.45. The second-order valence-corrected chi connectivity index (χ2v) is 7.11. The van der Waals surface area contributed by atoms with E-state index < -0.39 is 6.36 Å². The molecule has 4 rings (SSSR count). The number of nitrogens with one attached hydrogen (secondary N) is 1. The van der Waals surface area contributed by atoms with Crippen LogP contribution in [0.25, 0.3) is 11.3 Å². The molecule has 7 nitrogen and oxygen atoms in total. The van der Waals surface area contributed by atoms with Crippen LogP contribution in [0.3, 0.4) is 0 Å². The number of aromatic nitrogens is 3. The number of anilines is 2. The number of alkyl halides is 3. The Bertz CT molecular complexity index is 1110. The number of aryl methyl sites for hydroxylation is 1. The molecular formula is C21H21F3N6O. The molecule has 0 radical (unpaired) electrons. The van der Waals surface area contributed by atoms with E-state index in [4.69, 9.17) is 4.98 Å². The van der Waals surface area contributed by atoms with E-state index in [1.165, 1.54) is 18.2 Å². The van der Waals surface area contributed by atoms with Crippen molar-refractivity contribution in [3.05, 3.63) is 48.8 Å². The van der Waals surface area contributed by atoms with Gasteiger partial charge in [0, 0.05) is 25.7 Å². The standard InChI is InChI=1S/C21H21F3N6O/c1-14(27-16-12-26-29(2)13-16)30-10-4-9-25-19-8-7-18(28-20(19)30)15-5-3-6-17(11-15)31-21(22,23)24/h3,5-8,11-13,25H,4,9-10H2,1-2H3. The smallest absolute Gasteiger partial charge is 0.406 e. The minimum atomic E-state index is -4.75. The zero-order chi connectivity index (χ0) is 22.0. The van der Waals surface area contributed by atoms with E-state index >= 15 is 0 Å². The van der Waals surface area contributed by atoms with Gasteiger partial charge in [-0.1, -0.05) is 12.1 Å². The van der Waals surface area contributed by atoms with Gasteiger partial charge in [0.15, 0.2) is 5.82 Å². The molecule has 162 valence electrons. The summed E-state index contributed by atoms with van der Waals surface area (Å²) in [5.74, 6) is 1.13. The lowest BCUT2D eigenvalue weighted by molar-refractivity contribution is -0.274. The van der Waals surface area contributed by atoms with Crippen molar-refractivity contribution in [2.24, 2.45) is 12.0 Å². The molecule has 0 atom stereocenters. The molecule has 0 unspecified atom stereocenters. The zero-order valence-electron chi connectivity index (χ0n) is 17.0. The minimum Gasteiger partial charge on any atom is -0.406 e. The summed E-state index contributed by atoms with van der Waals surface area (Å²) < 4.78 is 43.5. The van der Waals surface area contributed by atoms with Gasteiger partial charge < -0.3 is 15.0 Å². The highest BCUT2D eigenvalue weighted by Crippen LogP contribution is 2.32. The fraction of sp³-hybridized carbons (Fsp3) is 0.286. The number of pyridine rings is 1. The molecule has 0 amide bonds. The van der Waals surface area contributed by atoms with Crippen molar-refractivity contribution < 1.29 is 17.9 Å². The highest BCUT2D eigenvalue weighted by atomic mass is 19.4. The van der Waals surface area contributed by atoms with Gasteiger partial charge in [0.2, 0.25) is 0 Å². The largest absolute Gasteiger partial charge is 0.573 e. The number of aliphatic imine (C=N–C) groups is 1. The van der Waals surface area contributed by atoms with Crippen LogP contribution in [0.1, 0.15) is 13.3 Å². The number of halogens is 3. The highest BCUT2D eigenvalue weighted by molar-refractivity contribution is 5.99. The van der Waals surface area contributed by atoms with E-state index in [0.29, 0.717) is 23.6 Å². The molecule has 0 bridgehead atoms. The Morgan fingerprint density at radius 3 is 2.81 bits per heavy atom. The monoisotopic (exact) mass is 430 g/mol. The number of nitrogens with zero attached hydrogens (tertiary/aromatic N) is 5. The van der Waals surface area contributed by atoms with Gasteiger partial charge in [0.1, 0.15) is 17.3 Å². The van der Waals surface area contributed by atoms with Crippen LogP contribution < -0.4 is 15.0 Å². The SMILES string of the molecule is CC(=Nc1cnn(C)c1)N1CCCNc2ccc(-c3cccc(OC(F)(F)F)c3)nc21. The van der Waals surface area contributed by atoms with Crippen LogP contribution in [-0.2, 0) is 7.05 Å². The Morgan fingerprint density at radius 1 is 1.23 bits per heavy atom. The topological polar surface area (TPSA) is 67.6 Å². The molecule has 0 aliphatic carbocycles. The molecule has 2 aromatic heterocycles. The second kappa shape index (κ2) is 8.29. The lowest BCUT2D eigenvalue weighted by Gasteiger charge is -2.23. The first kappa shape index (κ1) is 20.7. The summed E-state index contributed by atoms with van der Waals surface area (Å²) in [6.45, 7) is 3.37. The van der Waals surface area contributed by atoms with E-state index in [1.54, 1.807) is 23.0 Å². The van der Waals surface area contributed by atoms with Crippen LogP contribution in [0, 0.1) is 0 Å². The van der Waals surface area contributed by atoms with Crippen molar-refractivity contribution in [1.82, 2.24) is 14.8 Å². The summed E-state index contributed by atoms with van der Waals surface area (Å²) >= 11 is 0. The molecule has 10 heteroatoms. The van der Waals surface area contributed by atoms with Gasteiger partial charge in [0.05, 0.1) is 23.8 Å². The van der Waals surface area contributed by atoms with Crippen molar-refractivity contribution in [3.63, 3.8) is 0 Å². The predicted octanol–water partition coefficient (Wildman–Crippen LogP) is 4.75. The van der Waals surface area contributed by atoms with Gasteiger partial charge >= 0.3 is 6.36 Å². The normalized spacial score (nSPS) is 14.6. The quantitative estimate of drug-likeness (QED) is 0.480. The molecule has 0 saturated carbocycles. The number of hydrogen-bond donors (Lipinski definition) is 1. The van der Waals surface area contributed by atoms with Crippen molar-refractivity contribution in [1.29, 1.82) is 0 Å². The molecule has 3 heterocycles. The van der Waals surface area contributed by atoms with Crippen LogP contribution in [0.2, 0.25) is 0 Å². The molecule has 0 fully saturated rings. The van der Waals surface area contributed by atoms with Gasteiger partial charge in [-0.3, -0.25) is 4.68 Å². The van der Waals surface area contributed by atoms with Gasteiger partial charge in [-0.05, 0) is 37.6 Å². The molecule has 1 aromatic carbocycles. The Balaban J connectivity index is 1.70. The lowest BCUT2D eigenvalue weighted by atomic mass is 10.1. The van der Waals surface area contributed by atoms with Gasteiger partial charge in [-0.15, -0.1) is 13.2 Å². The van der Waals surface area contributed by atoms with Crippen LogP contribution in [0.5, 0.6) is 5.75 Å². The number of amidine groups is 1. The number of rotatable bonds is 3. The molecule has 1 aliphatic rings. The fourth-order valence-electron chi connectivity index (χ4n) is 3.40. The van der Waals surface area contributed by atoms with Gasteiger partial charge in [-0.25, -0.2) is 9.98 Å². The van der Waals surface area contributed by atoms with Crippen LogP contribution in [-0.4, -0.2) is 40.1 Å². The maximum Gasteiger partial charge on any atom is 0.573 e. The summed E-state index contributed by atoms with van der Waals surface area (Å²) in [7, 11) is 1.82. The van der Waals surface area contributed by atoms with E-state index in [9.17, 15) is 13.2 Å². The summed E-state index contributed by atoms with van der Waals surface area (Å²) in [5.41, 5.74) is 2.63. The Morgan fingerprint density at radius 2 is 2.06 bits per heavy atom. The van der Waals surface area contributed by atoms with E-state index in [-0.39, 0.29) is 5.75 Å². The van der Waals surface area contributed by atoms with Crippen LogP contribution in [0.4, 0.5) is 30.4 Å². The molecule has 1 N–H and O–H groups in total. The second-order valence-electron chi connectivity index (χ2n) is 7.11. The first-order chi connectivity index (χ1) is 14.8. The van der Waals surface area contributed by atoms with E-state index in [2.05, 4.69) is 20.1 Å². The molecule has 0 saturated heterocycles. The third-order valence-corrected chi connectivity index (χ3v) is 4.74. The number of ether oxygens (including phenoxy) is 1. The summed E-state index contributed by atoms with van der Waals surface area (Å²) in [6.07, 6.45) is -0.381. The Kier molecular flexibility index (Phi) is 5.53. The Labute approximate surface area is 177 Å². The molecule has 0 spiro atoms. The summed E-state index contributed by atoms with van der Waals surface area (Å²) in [5, 5.41) is 7.49. The van der Waals surface area contributed by atoms with E-state index in [0.717, 1.165) is 30.2 Å². The van der Waals surface area contributed by atoms with Gasteiger partial charge in [0.25, 0.3) is 0 Å². The number of benzene rings is 1. The van der Waals surface area contributed by atoms with Crippen molar-refractivity contribution in [2.45, 2.75) is 19.7 Å². The van der Waals surface area contributed by atoms with E-state index in [1.807, 2.05) is 31.1 Å². The molecule has 31 heavy (non-hydrogen) atoms. The highest BCUT2D eigenvalue weighted by Gasteiger charge is 2.31. The van der Waals surface area contributed by atoms with Crippen molar-refractivity contribution >= 4 is 23.0 Å². The molecule has 3 aromatic rings. The van der Waals surface area contributed by atoms with Crippen molar-refractivity contribution in [2.75, 3.05) is 23.3 Å². The first-order valence-electron chi connectivity index (χ1n) is 9.71. The first-order valence-corrected chi connectivity index (χ1v) is 9.71. The zero-order valence-corrected chi connectivity index (χ0v) is 17.0. The molecular weight excluding hydrogens is 409 g/mol. The van der Waals surface area contributed by atoms with Crippen LogP contribution in [0.15, 0.2) is 53.8 Å². The lowest BCUT2D eigenvalue weighted by Crippen LogP contribution is -2.30. The maximum atomic E-state index is 12.6. The Hall–Kier alpha value is -3.56. The average Bonchev–Trinajstić information content (AvgIpc) is 2.99.